The van der Waals surface area contributed by atoms with E-state index in [-0.39, 0.29) is 29.3 Å². The van der Waals surface area contributed by atoms with E-state index < -0.39 is 9.84 Å². The molecule has 0 fully saturated rings. The van der Waals surface area contributed by atoms with Gasteiger partial charge in [0.05, 0.1) is 31.3 Å². The second-order valence-electron chi connectivity index (χ2n) is 9.54. The molecule has 3 rings (SSSR count). The van der Waals surface area contributed by atoms with Crippen molar-refractivity contribution < 1.29 is 17.9 Å². The first kappa shape index (κ1) is 27.4. The summed E-state index contributed by atoms with van der Waals surface area (Å²) in [6.07, 6.45) is 1.59. The van der Waals surface area contributed by atoms with Gasteiger partial charge in [0.2, 0.25) is 15.0 Å². The molecule has 0 aliphatic rings. The summed E-state index contributed by atoms with van der Waals surface area (Å²) in [6.45, 7) is 5.94. The molecule has 2 aromatic carbocycles. The highest BCUT2D eigenvalue weighted by molar-refractivity contribution is 7.90. The molecule has 0 saturated carbocycles. The highest BCUT2D eigenvalue weighted by Crippen LogP contribution is 2.21. The topological polar surface area (TPSA) is 84.7 Å². The second kappa shape index (κ2) is 12.2. The number of amides is 1. The van der Waals surface area contributed by atoms with Gasteiger partial charge in [0.15, 0.2) is 0 Å². The van der Waals surface area contributed by atoms with Crippen molar-refractivity contribution in [3.8, 4) is 5.75 Å². The van der Waals surface area contributed by atoms with Crippen molar-refractivity contribution >= 4 is 15.7 Å². The fraction of sp³-hybridized carbons (Fsp3) is 0.407. The number of carbonyl (C=O) groups is 1. The molecule has 0 bridgehead atoms. The molecule has 194 valence electrons. The molecule has 0 atom stereocenters. The summed E-state index contributed by atoms with van der Waals surface area (Å²) in [7, 11) is 1.80. The Bertz CT molecular complexity index is 1240. The summed E-state index contributed by atoms with van der Waals surface area (Å²) in [4.78, 5) is 21.6. The zero-order chi connectivity index (χ0) is 26.3. The molecular formula is C27H36N4O4S. The molecule has 0 N–H and O–H groups in total. The number of nitrogens with zero attached hydrogens (tertiary/aromatic N) is 4. The summed E-state index contributed by atoms with van der Waals surface area (Å²) in [6, 6.07) is 16.1. The number of imidazole rings is 1. The third kappa shape index (κ3) is 7.18. The molecule has 9 heteroatoms. The Hall–Kier alpha value is -3.17. The lowest BCUT2D eigenvalue weighted by atomic mass is 10.1. The Kier molecular flexibility index (Phi) is 9.28. The SMILES string of the molecule is COc1ccc(C(=O)N(CCN(C)C)Cc2cnc(S(=O)(=O)Cc3ccccc3)n2CC(C)C)cc1. The maximum Gasteiger partial charge on any atom is 0.254 e. The Labute approximate surface area is 214 Å². The number of aromatic nitrogens is 2. The van der Waals surface area contributed by atoms with Crippen LogP contribution < -0.4 is 4.74 Å². The average molecular weight is 513 g/mol. The van der Waals surface area contributed by atoms with Gasteiger partial charge >= 0.3 is 0 Å². The minimum absolute atomic E-state index is 0.0412. The van der Waals surface area contributed by atoms with Gasteiger partial charge in [0, 0.05) is 25.2 Å². The molecule has 8 nitrogen and oxygen atoms in total. The third-order valence-corrected chi connectivity index (χ3v) is 7.32. The molecule has 3 aromatic rings. The van der Waals surface area contributed by atoms with Gasteiger partial charge in [0.25, 0.3) is 5.91 Å². The highest BCUT2D eigenvalue weighted by Gasteiger charge is 2.26. The molecule has 0 aliphatic carbocycles. The van der Waals surface area contributed by atoms with Crippen molar-refractivity contribution in [3.05, 3.63) is 77.6 Å². The summed E-state index contributed by atoms with van der Waals surface area (Å²) >= 11 is 0. The summed E-state index contributed by atoms with van der Waals surface area (Å²) in [5.74, 6) is 0.605. The second-order valence-corrected chi connectivity index (χ2v) is 11.4. The van der Waals surface area contributed by atoms with Crippen LogP contribution >= 0.6 is 0 Å². The van der Waals surface area contributed by atoms with E-state index in [9.17, 15) is 13.2 Å². The molecule has 1 aromatic heterocycles. The number of rotatable bonds is 12. The lowest BCUT2D eigenvalue weighted by molar-refractivity contribution is 0.0727. The van der Waals surface area contributed by atoms with Gasteiger partial charge in [-0.1, -0.05) is 44.2 Å². The average Bonchev–Trinajstić information content (AvgIpc) is 3.24. The van der Waals surface area contributed by atoms with E-state index in [1.807, 2.05) is 51.0 Å². The smallest absolute Gasteiger partial charge is 0.254 e. The van der Waals surface area contributed by atoms with Crippen molar-refractivity contribution in [2.45, 2.75) is 37.8 Å². The number of hydrogen-bond acceptors (Lipinski definition) is 6. The first-order valence-electron chi connectivity index (χ1n) is 12.0. The minimum atomic E-state index is -3.68. The number of carbonyl (C=O) groups excluding carboxylic acids is 1. The normalized spacial score (nSPS) is 11.8. The fourth-order valence-electron chi connectivity index (χ4n) is 3.87. The molecule has 1 heterocycles. The van der Waals surface area contributed by atoms with Gasteiger partial charge in [-0.3, -0.25) is 4.79 Å². The van der Waals surface area contributed by atoms with E-state index in [4.69, 9.17) is 4.74 Å². The van der Waals surface area contributed by atoms with Gasteiger partial charge in [0.1, 0.15) is 5.75 Å². The Morgan fingerprint density at radius 1 is 1.03 bits per heavy atom. The summed E-state index contributed by atoms with van der Waals surface area (Å²) < 4.78 is 33.7. The van der Waals surface area contributed by atoms with Crippen LogP contribution in [-0.4, -0.2) is 68.0 Å². The standard InChI is InChI=1S/C27H36N4O4S/c1-21(2)18-31-24(17-28-27(31)36(33,34)20-22-9-7-6-8-10-22)19-30(16-15-29(3)4)26(32)23-11-13-25(35-5)14-12-23/h6-14,17,21H,15-16,18-20H2,1-5H3. The van der Waals surface area contributed by atoms with Crippen LogP contribution in [0.5, 0.6) is 5.75 Å². The van der Waals surface area contributed by atoms with E-state index in [0.29, 0.717) is 42.2 Å². The molecule has 1 amide bonds. The lowest BCUT2D eigenvalue weighted by Gasteiger charge is -2.25. The van der Waals surface area contributed by atoms with Crippen molar-refractivity contribution in [1.82, 2.24) is 19.4 Å². The van der Waals surface area contributed by atoms with Gasteiger partial charge in [-0.15, -0.1) is 0 Å². The molecule has 0 aliphatic heterocycles. The lowest BCUT2D eigenvalue weighted by Crippen LogP contribution is -2.37. The number of ether oxygens (including phenoxy) is 1. The zero-order valence-corrected chi connectivity index (χ0v) is 22.5. The number of sulfone groups is 1. The Morgan fingerprint density at radius 2 is 1.69 bits per heavy atom. The predicted octanol–water partition coefficient (Wildman–Crippen LogP) is 3.73. The van der Waals surface area contributed by atoms with Gasteiger partial charge in [-0.25, -0.2) is 13.4 Å². The van der Waals surface area contributed by atoms with Crippen LogP contribution in [-0.2, 0) is 28.7 Å². The van der Waals surface area contributed by atoms with E-state index in [0.717, 1.165) is 0 Å². The van der Waals surface area contributed by atoms with Crippen molar-refractivity contribution in [3.63, 3.8) is 0 Å². The van der Waals surface area contributed by atoms with Gasteiger partial charge in [-0.2, -0.15) is 0 Å². The number of likely N-dealkylation sites (N-methyl/N-ethyl adjacent to an activating group) is 1. The quantitative estimate of drug-likeness (QED) is 0.368. The number of hydrogen-bond donors (Lipinski definition) is 0. The summed E-state index contributed by atoms with van der Waals surface area (Å²) in [5, 5.41) is 0.0412. The van der Waals surface area contributed by atoms with Gasteiger partial charge in [-0.05, 0) is 49.8 Å². The van der Waals surface area contributed by atoms with Crippen LogP contribution in [0, 0.1) is 5.92 Å². The van der Waals surface area contributed by atoms with E-state index >= 15 is 0 Å². The first-order valence-corrected chi connectivity index (χ1v) is 13.6. The largest absolute Gasteiger partial charge is 0.497 e. The van der Waals surface area contributed by atoms with Crippen LogP contribution in [0.4, 0.5) is 0 Å². The van der Waals surface area contributed by atoms with Crippen molar-refractivity contribution in [1.29, 1.82) is 0 Å². The number of methoxy groups -OCH3 is 1. The fourth-order valence-corrected chi connectivity index (χ4v) is 5.37. The molecule has 0 radical (unpaired) electrons. The first-order chi connectivity index (χ1) is 17.1. The van der Waals surface area contributed by atoms with E-state index in [1.165, 1.54) is 0 Å². The highest BCUT2D eigenvalue weighted by atomic mass is 32.2. The number of benzene rings is 2. The molecule has 0 saturated heterocycles. The van der Waals surface area contributed by atoms with Crippen molar-refractivity contribution in [2.75, 3.05) is 34.3 Å². The molecule has 0 unspecified atom stereocenters. The van der Waals surface area contributed by atoms with Crippen LogP contribution in [0.2, 0.25) is 0 Å². The minimum Gasteiger partial charge on any atom is -0.497 e. The van der Waals surface area contributed by atoms with Crippen LogP contribution in [0.15, 0.2) is 66.0 Å². The molecule has 36 heavy (non-hydrogen) atoms. The van der Waals surface area contributed by atoms with E-state index in [2.05, 4.69) is 4.98 Å². The maximum absolute atomic E-state index is 13.5. The third-order valence-electron chi connectivity index (χ3n) is 5.72. The maximum atomic E-state index is 13.5. The molecule has 0 spiro atoms. The summed E-state index contributed by atoms with van der Waals surface area (Å²) in [5.41, 5.74) is 1.94. The monoisotopic (exact) mass is 512 g/mol. The Morgan fingerprint density at radius 3 is 2.28 bits per heavy atom. The van der Waals surface area contributed by atoms with Crippen LogP contribution in [0.3, 0.4) is 0 Å². The van der Waals surface area contributed by atoms with Gasteiger partial charge < -0.3 is 19.1 Å². The zero-order valence-electron chi connectivity index (χ0n) is 21.7. The predicted molar refractivity (Wildman–Crippen MR) is 141 cm³/mol. The Balaban J connectivity index is 1.94. The van der Waals surface area contributed by atoms with E-state index in [1.54, 1.807) is 59.2 Å². The molecular weight excluding hydrogens is 476 g/mol. The van der Waals surface area contributed by atoms with Crippen LogP contribution in [0.1, 0.15) is 35.5 Å². The van der Waals surface area contributed by atoms with Crippen molar-refractivity contribution in [2.24, 2.45) is 5.92 Å². The van der Waals surface area contributed by atoms with Crippen LogP contribution in [0.25, 0.3) is 0 Å².